The van der Waals surface area contributed by atoms with Gasteiger partial charge in [0.25, 0.3) is 0 Å². The van der Waals surface area contributed by atoms with E-state index in [0.717, 1.165) is 199 Å². The number of ether oxygens (including phenoxy) is 4. The van der Waals surface area contributed by atoms with E-state index in [4.69, 9.17) is 37.0 Å². The molecule has 5 unspecified atom stereocenters. The van der Waals surface area contributed by atoms with Crippen LogP contribution in [-0.4, -0.2) is 96.7 Å². The van der Waals surface area contributed by atoms with Gasteiger partial charge < -0.3 is 33.8 Å². The third-order valence-corrected chi connectivity index (χ3v) is 17.4. The van der Waals surface area contributed by atoms with E-state index in [-0.39, 0.29) is 25.7 Å². The van der Waals surface area contributed by atoms with Gasteiger partial charge in [0, 0.05) is 25.7 Å². The van der Waals surface area contributed by atoms with Crippen molar-refractivity contribution in [2.24, 2.45) is 0 Å². The standard InChI is InChI=1S/C83H136O17P2/c1-5-9-13-17-21-25-29-33-36-38-41-45-48-52-56-60-64-68-81(86)94-74-79(100-83(88)70-66-62-58-54-50-46-42-39-37-34-30-26-22-18-14-10-6-2)76-98-102(91,92)96-72-77(84)71-95-101(89,90)97-75-78(99-82(87)69-65-61-57-53-49-43-32-28-24-20-16-12-8-4)73-93-80(85)67-63-59-55-51-47-44-40-35-31-27-23-19-15-11-7-3/h9-11,13-16,20-23,25-28,32-37,40-41,45,52,56,77-79,84H,5-8,12,17-19,24,29-31,38-39,42-44,46-51,53-55,57-76H2,1-4H3,(H,89,90)(H,91,92)/b13-9-,14-10-,15-11-,20-16-,25-21-,26-22-,27-23-,32-28-,36-33-,37-34-,40-35-,45-41-,56-52-. The van der Waals surface area contributed by atoms with Crippen LogP contribution in [0.1, 0.15) is 285 Å². The fourth-order valence-electron chi connectivity index (χ4n) is 9.67. The van der Waals surface area contributed by atoms with Crippen LogP contribution in [0.25, 0.3) is 0 Å². The van der Waals surface area contributed by atoms with E-state index in [1.54, 1.807) is 0 Å². The molecule has 0 fully saturated rings. The predicted octanol–water partition coefficient (Wildman–Crippen LogP) is 22.4. The van der Waals surface area contributed by atoms with Gasteiger partial charge in [-0.2, -0.15) is 0 Å². The molecule has 0 bridgehead atoms. The Balaban J connectivity index is 5.45. The Kier molecular flexibility index (Phi) is 70.1. The van der Waals surface area contributed by atoms with E-state index < -0.39 is 97.5 Å². The molecular weight excluding hydrogens is 1330 g/mol. The number of phosphoric acid groups is 2. The van der Waals surface area contributed by atoms with Gasteiger partial charge >= 0.3 is 39.5 Å². The van der Waals surface area contributed by atoms with Crippen molar-refractivity contribution in [2.45, 2.75) is 303 Å². The van der Waals surface area contributed by atoms with E-state index in [1.165, 1.54) is 0 Å². The van der Waals surface area contributed by atoms with E-state index in [1.807, 2.05) is 12.2 Å². The molecule has 0 aliphatic rings. The fraction of sp³-hybridized carbons (Fsp3) is 0.639. The molecule has 5 atom stereocenters. The molecule has 17 nitrogen and oxygen atoms in total. The smallest absolute Gasteiger partial charge is 0.462 e. The topological polar surface area (TPSA) is 237 Å². The van der Waals surface area contributed by atoms with Gasteiger partial charge in [-0.3, -0.25) is 37.3 Å². The molecular formula is C83H136O17P2. The van der Waals surface area contributed by atoms with Gasteiger partial charge in [-0.25, -0.2) is 9.13 Å². The lowest BCUT2D eigenvalue weighted by atomic mass is 10.1. The summed E-state index contributed by atoms with van der Waals surface area (Å²) in [6.07, 6.45) is 85.2. The first-order chi connectivity index (χ1) is 49.7. The summed E-state index contributed by atoms with van der Waals surface area (Å²) in [6, 6.07) is 0. The highest BCUT2D eigenvalue weighted by Crippen LogP contribution is 2.45. The summed E-state index contributed by atoms with van der Waals surface area (Å²) >= 11 is 0. The zero-order valence-corrected chi connectivity index (χ0v) is 65.0. The van der Waals surface area contributed by atoms with E-state index in [9.17, 15) is 43.2 Å². The Morgan fingerprint density at radius 3 is 0.824 bits per heavy atom. The second-order valence-corrected chi connectivity index (χ2v) is 28.1. The molecule has 0 heterocycles. The molecule has 0 aliphatic heterocycles. The second-order valence-electron chi connectivity index (χ2n) is 25.1. The van der Waals surface area contributed by atoms with Gasteiger partial charge in [0.05, 0.1) is 26.4 Å². The molecule has 19 heteroatoms. The summed E-state index contributed by atoms with van der Waals surface area (Å²) in [5.41, 5.74) is 0. The Labute approximate surface area is 617 Å². The Bertz CT molecular complexity index is 2550. The maximum atomic E-state index is 13.1. The predicted molar refractivity (Wildman–Crippen MR) is 417 cm³/mol. The number of allylic oxidation sites excluding steroid dienone is 26. The van der Waals surface area contributed by atoms with Crippen molar-refractivity contribution in [1.82, 2.24) is 0 Å². The molecule has 0 aromatic heterocycles. The lowest BCUT2D eigenvalue weighted by Crippen LogP contribution is -2.30. The minimum absolute atomic E-state index is 0.0657. The minimum atomic E-state index is -5.00. The van der Waals surface area contributed by atoms with Crippen LogP contribution < -0.4 is 0 Å². The third kappa shape index (κ3) is 73.0. The van der Waals surface area contributed by atoms with Crippen LogP contribution in [0.4, 0.5) is 0 Å². The summed E-state index contributed by atoms with van der Waals surface area (Å²) in [4.78, 5) is 72.9. The number of unbranched alkanes of at least 4 members (excludes halogenated alkanes) is 19. The van der Waals surface area contributed by atoms with Crippen molar-refractivity contribution in [3.63, 3.8) is 0 Å². The number of hydrogen-bond acceptors (Lipinski definition) is 15. The van der Waals surface area contributed by atoms with Crippen LogP contribution in [0.5, 0.6) is 0 Å². The van der Waals surface area contributed by atoms with Crippen LogP contribution >= 0.6 is 15.6 Å². The average molecular weight is 1470 g/mol. The van der Waals surface area contributed by atoms with Gasteiger partial charge in [0.2, 0.25) is 0 Å². The fourth-order valence-corrected chi connectivity index (χ4v) is 11.3. The maximum Gasteiger partial charge on any atom is 0.472 e. The highest BCUT2D eigenvalue weighted by molar-refractivity contribution is 7.47. The van der Waals surface area contributed by atoms with Gasteiger partial charge in [0.1, 0.15) is 19.3 Å². The molecule has 0 amide bonds. The molecule has 0 rings (SSSR count). The molecule has 0 aromatic rings. The first-order valence-electron chi connectivity index (χ1n) is 38.7. The number of aliphatic hydroxyl groups excluding tert-OH is 1. The Morgan fingerprint density at radius 1 is 0.284 bits per heavy atom. The van der Waals surface area contributed by atoms with Gasteiger partial charge in [0.15, 0.2) is 12.2 Å². The zero-order valence-electron chi connectivity index (χ0n) is 63.2. The van der Waals surface area contributed by atoms with Crippen molar-refractivity contribution >= 4 is 39.5 Å². The lowest BCUT2D eigenvalue weighted by Gasteiger charge is -2.21. The van der Waals surface area contributed by atoms with Crippen LogP contribution in [0.2, 0.25) is 0 Å². The largest absolute Gasteiger partial charge is 0.472 e. The summed E-state index contributed by atoms with van der Waals surface area (Å²) < 4.78 is 68.5. The van der Waals surface area contributed by atoms with Crippen LogP contribution in [0.15, 0.2) is 158 Å². The van der Waals surface area contributed by atoms with E-state index >= 15 is 0 Å². The van der Waals surface area contributed by atoms with Crippen LogP contribution in [-0.2, 0) is 65.4 Å². The van der Waals surface area contributed by atoms with E-state index in [0.29, 0.717) is 32.1 Å². The molecule has 3 N–H and O–H groups in total. The lowest BCUT2D eigenvalue weighted by molar-refractivity contribution is -0.161. The van der Waals surface area contributed by atoms with Crippen LogP contribution in [0.3, 0.4) is 0 Å². The van der Waals surface area contributed by atoms with Gasteiger partial charge in [-0.15, -0.1) is 0 Å². The summed E-state index contributed by atoms with van der Waals surface area (Å²) in [5, 5.41) is 10.6. The summed E-state index contributed by atoms with van der Waals surface area (Å²) in [5.74, 6) is -2.30. The SMILES string of the molecule is CC/C=C\C/C=C\C/C=C\C/C=C\C/C=C\CCCC(=O)OCC(COP(=O)(O)OCC(O)COP(=O)(O)OCC(COC(=O)CCCCCCC/C=C\C/C=C\C/C=C\CC)OC(=O)CCCCCCC/C=C\C/C=C\CCC)OC(=O)CCCCCCCCC/C=C\C/C=C\C/C=C\CC. The number of aliphatic hydroxyl groups is 1. The number of carbonyl (C=O) groups is 4. The molecule has 0 aliphatic carbocycles. The normalized spacial score (nSPS) is 14.8. The third-order valence-electron chi connectivity index (χ3n) is 15.4. The van der Waals surface area contributed by atoms with E-state index in [2.05, 4.69) is 174 Å². The molecule has 0 saturated carbocycles. The average Bonchev–Trinajstić information content (AvgIpc) is 0.959. The minimum Gasteiger partial charge on any atom is -0.462 e. The number of phosphoric ester groups is 2. The number of esters is 4. The monoisotopic (exact) mass is 1470 g/mol. The Hall–Kier alpha value is -5.32. The zero-order chi connectivity index (χ0) is 74.6. The van der Waals surface area contributed by atoms with Crippen molar-refractivity contribution < 1.29 is 80.2 Å². The first-order valence-corrected chi connectivity index (χ1v) is 41.7. The van der Waals surface area contributed by atoms with Crippen molar-refractivity contribution in [3.8, 4) is 0 Å². The molecule has 102 heavy (non-hydrogen) atoms. The molecule has 0 radical (unpaired) electrons. The first kappa shape index (κ1) is 96.7. The number of hydrogen-bond donors (Lipinski definition) is 3. The second kappa shape index (κ2) is 74.0. The van der Waals surface area contributed by atoms with Crippen molar-refractivity contribution in [1.29, 1.82) is 0 Å². The van der Waals surface area contributed by atoms with Gasteiger partial charge in [-0.05, 0) is 154 Å². The number of rotatable bonds is 71. The maximum absolute atomic E-state index is 13.1. The highest BCUT2D eigenvalue weighted by Gasteiger charge is 2.30. The Morgan fingerprint density at radius 2 is 0.520 bits per heavy atom. The summed E-state index contributed by atoms with van der Waals surface area (Å²) in [6.45, 7) is 4.35. The quantitative estimate of drug-likeness (QED) is 0.0169. The number of carbonyl (C=O) groups excluding carboxylic acids is 4. The van der Waals surface area contributed by atoms with Crippen LogP contribution in [0, 0.1) is 0 Å². The van der Waals surface area contributed by atoms with Crippen molar-refractivity contribution in [3.05, 3.63) is 158 Å². The molecule has 0 saturated heterocycles. The summed E-state index contributed by atoms with van der Waals surface area (Å²) in [7, 11) is -9.99. The van der Waals surface area contributed by atoms with Gasteiger partial charge in [-0.1, -0.05) is 263 Å². The van der Waals surface area contributed by atoms with Crippen molar-refractivity contribution in [2.75, 3.05) is 39.6 Å². The molecule has 0 aromatic carbocycles. The molecule has 580 valence electrons. The molecule has 0 spiro atoms. The highest BCUT2D eigenvalue weighted by atomic mass is 31.2.